The lowest BCUT2D eigenvalue weighted by molar-refractivity contribution is 0.205. The Bertz CT molecular complexity index is 983. The van der Waals surface area contributed by atoms with Gasteiger partial charge in [-0.1, -0.05) is 18.6 Å². The Labute approximate surface area is 175 Å². The average Bonchev–Trinajstić information content (AvgIpc) is 3.04. The third-order valence-corrected chi connectivity index (χ3v) is 6.41. The topological polar surface area (TPSA) is 131 Å². The van der Waals surface area contributed by atoms with Crippen molar-refractivity contribution >= 4 is 28.9 Å². The molecule has 0 aromatic carbocycles. The van der Waals surface area contributed by atoms with Gasteiger partial charge in [-0.3, -0.25) is 0 Å². The number of hydrogen-bond donors (Lipinski definition) is 3. The second-order valence-corrected chi connectivity index (χ2v) is 8.56. The van der Waals surface area contributed by atoms with Crippen molar-refractivity contribution in [1.82, 2.24) is 19.5 Å². The van der Waals surface area contributed by atoms with Crippen molar-refractivity contribution in [3.63, 3.8) is 0 Å². The molecule has 0 radical (unpaired) electrons. The lowest BCUT2D eigenvalue weighted by Crippen LogP contribution is -2.32. The SMILES string of the molecule is C=C1CCC(Cn2cnc3nc(/C(N)=N/C(=O)O)nc(N[C@H](C)C4CCC4)c32)CC1. The molecule has 1 amide bonds. The zero-order valence-electron chi connectivity index (χ0n) is 17.3. The highest BCUT2D eigenvalue weighted by Crippen LogP contribution is 2.33. The Morgan fingerprint density at radius 2 is 2.10 bits per heavy atom. The smallest absolute Gasteiger partial charge is 0.433 e. The van der Waals surface area contributed by atoms with E-state index < -0.39 is 6.09 Å². The van der Waals surface area contributed by atoms with Crippen LogP contribution in [-0.2, 0) is 6.54 Å². The summed E-state index contributed by atoms with van der Waals surface area (Å²) >= 11 is 0. The number of amides is 1. The van der Waals surface area contributed by atoms with Crippen molar-refractivity contribution in [2.45, 2.75) is 64.5 Å². The lowest BCUT2D eigenvalue weighted by Gasteiger charge is -2.32. The van der Waals surface area contributed by atoms with Gasteiger partial charge in [0.15, 0.2) is 23.1 Å². The molecule has 160 valence electrons. The van der Waals surface area contributed by atoms with Crippen LogP contribution in [0, 0.1) is 11.8 Å². The molecule has 0 spiro atoms. The van der Waals surface area contributed by atoms with E-state index >= 15 is 0 Å². The Hall–Kier alpha value is -2.97. The van der Waals surface area contributed by atoms with Gasteiger partial charge in [-0.2, -0.15) is 4.99 Å². The summed E-state index contributed by atoms with van der Waals surface area (Å²) in [4.78, 5) is 27.7. The van der Waals surface area contributed by atoms with E-state index in [-0.39, 0.29) is 17.7 Å². The second kappa shape index (κ2) is 8.41. The van der Waals surface area contributed by atoms with E-state index in [0.717, 1.165) is 37.7 Å². The van der Waals surface area contributed by atoms with Gasteiger partial charge in [0.1, 0.15) is 5.52 Å². The molecule has 1 atom stereocenters. The minimum Gasteiger partial charge on any atom is -0.463 e. The largest absolute Gasteiger partial charge is 0.463 e. The highest BCUT2D eigenvalue weighted by atomic mass is 16.4. The number of aromatic nitrogens is 4. The molecule has 9 heteroatoms. The number of carboxylic acid groups (broad SMARTS) is 1. The van der Waals surface area contributed by atoms with Crippen LogP contribution in [0.4, 0.5) is 10.6 Å². The first kappa shape index (κ1) is 20.3. The van der Waals surface area contributed by atoms with E-state index in [2.05, 4.69) is 43.3 Å². The van der Waals surface area contributed by atoms with E-state index in [1.165, 1.54) is 24.8 Å². The van der Waals surface area contributed by atoms with Crippen LogP contribution in [0.3, 0.4) is 0 Å². The first-order chi connectivity index (χ1) is 14.4. The summed E-state index contributed by atoms with van der Waals surface area (Å²) in [6.07, 6.45) is 8.45. The summed E-state index contributed by atoms with van der Waals surface area (Å²) < 4.78 is 2.11. The van der Waals surface area contributed by atoms with Crippen molar-refractivity contribution in [2.24, 2.45) is 22.6 Å². The van der Waals surface area contributed by atoms with Gasteiger partial charge in [0, 0.05) is 12.6 Å². The number of nitrogens with zero attached hydrogens (tertiary/aromatic N) is 5. The van der Waals surface area contributed by atoms with E-state index in [1.54, 1.807) is 6.33 Å². The quantitative estimate of drug-likeness (QED) is 0.376. The zero-order chi connectivity index (χ0) is 21.3. The van der Waals surface area contributed by atoms with Crippen LogP contribution < -0.4 is 11.1 Å². The molecule has 2 fully saturated rings. The predicted molar refractivity (Wildman–Crippen MR) is 116 cm³/mol. The molecular formula is C21H29N7O2. The van der Waals surface area contributed by atoms with Gasteiger partial charge < -0.3 is 20.7 Å². The predicted octanol–water partition coefficient (Wildman–Crippen LogP) is 3.56. The van der Waals surface area contributed by atoms with Crippen molar-refractivity contribution in [3.05, 3.63) is 24.3 Å². The molecule has 2 aliphatic rings. The lowest BCUT2D eigenvalue weighted by atomic mass is 9.80. The number of nitrogens with one attached hydrogen (secondary N) is 1. The minimum atomic E-state index is -1.38. The fourth-order valence-electron chi connectivity index (χ4n) is 4.31. The molecule has 2 aromatic rings. The molecule has 0 aliphatic heterocycles. The molecule has 0 saturated heterocycles. The molecule has 2 saturated carbocycles. The van der Waals surface area contributed by atoms with E-state index in [4.69, 9.17) is 10.8 Å². The Balaban J connectivity index is 1.69. The summed E-state index contributed by atoms with van der Waals surface area (Å²) in [7, 11) is 0. The number of amidine groups is 1. The maximum absolute atomic E-state index is 10.9. The molecule has 2 aliphatic carbocycles. The van der Waals surface area contributed by atoms with Gasteiger partial charge in [0.2, 0.25) is 0 Å². The van der Waals surface area contributed by atoms with Crippen LogP contribution >= 0.6 is 0 Å². The highest BCUT2D eigenvalue weighted by Gasteiger charge is 2.26. The number of fused-ring (bicyclic) bond motifs is 1. The average molecular weight is 412 g/mol. The number of imidazole rings is 1. The standard InChI is InChI=1S/C21H29N7O2/c1-12-6-8-14(9-7-12)10-28-11-23-18-16(28)19(24-13(2)15-4-3-5-15)27-20(26-18)17(22)25-21(29)30/h11,13-15H,1,3-10H2,2H3,(H2,22,25)(H,29,30)(H,24,26,27)/t13-/m1/s1. The summed E-state index contributed by atoms with van der Waals surface area (Å²) in [5, 5.41) is 12.4. The first-order valence-electron chi connectivity index (χ1n) is 10.6. The Morgan fingerprint density at radius 3 is 2.73 bits per heavy atom. The van der Waals surface area contributed by atoms with Gasteiger partial charge in [0.05, 0.1) is 6.33 Å². The van der Waals surface area contributed by atoms with Crippen LogP contribution in [0.15, 0.2) is 23.5 Å². The van der Waals surface area contributed by atoms with Gasteiger partial charge in [-0.25, -0.2) is 19.7 Å². The normalized spacial score (nSPS) is 19.6. The fraction of sp³-hybridized carbons (Fsp3) is 0.571. The first-order valence-corrected chi connectivity index (χ1v) is 10.6. The summed E-state index contributed by atoms with van der Waals surface area (Å²) in [6, 6.07) is 0.240. The fourth-order valence-corrected chi connectivity index (χ4v) is 4.31. The van der Waals surface area contributed by atoms with E-state index in [0.29, 0.717) is 23.3 Å². The number of hydrogen-bond acceptors (Lipinski definition) is 5. The van der Waals surface area contributed by atoms with Crippen molar-refractivity contribution in [3.8, 4) is 0 Å². The summed E-state index contributed by atoms with van der Waals surface area (Å²) in [5.41, 5.74) is 8.48. The third-order valence-electron chi connectivity index (χ3n) is 6.41. The highest BCUT2D eigenvalue weighted by molar-refractivity contribution is 6.01. The van der Waals surface area contributed by atoms with E-state index in [1.807, 2.05) is 0 Å². The van der Waals surface area contributed by atoms with Crippen LogP contribution in [0.5, 0.6) is 0 Å². The van der Waals surface area contributed by atoms with Gasteiger partial charge in [-0.15, -0.1) is 0 Å². The van der Waals surface area contributed by atoms with Crippen LogP contribution in [-0.4, -0.2) is 42.6 Å². The number of anilines is 1. The minimum absolute atomic E-state index is 0.0763. The Morgan fingerprint density at radius 1 is 1.37 bits per heavy atom. The van der Waals surface area contributed by atoms with Gasteiger partial charge >= 0.3 is 6.09 Å². The van der Waals surface area contributed by atoms with Crippen molar-refractivity contribution < 1.29 is 9.90 Å². The monoisotopic (exact) mass is 411 g/mol. The molecular weight excluding hydrogens is 382 g/mol. The number of rotatable bonds is 6. The Kier molecular flexibility index (Phi) is 5.69. The summed E-state index contributed by atoms with van der Waals surface area (Å²) in [5.74, 6) is 1.64. The van der Waals surface area contributed by atoms with Gasteiger partial charge in [0.25, 0.3) is 0 Å². The number of allylic oxidation sites excluding steroid dienone is 1. The number of aliphatic imine (C=N–C) groups is 1. The van der Waals surface area contributed by atoms with Crippen molar-refractivity contribution in [2.75, 3.05) is 5.32 Å². The molecule has 9 nitrogen and oxygen atoms in total. The molecule has 2 heterocycles. The van der Waals surface area contributed by atoms with Gasteiger partial charge in [-0.05, 0) is 57.3 Å². The third kappa shape index (κ3) is 4.29. The van der Waals surface area contributed by atoms with Crippen LogP contribution in [0.2, 0.25) is 0 Å². The zero-order valence-corrected chi connectivity index (χ0v) is 17.3. The molecule has 2 aromatic heterocycles. The summed E-state index contributed by atoms with van der Waals surface area (Å²) in [6.45, 7) is 7.10. The maximum atomic E-state index is 10.9. The van der Waals surface area contributed by atoms with E-state index in [9.17, 15) is 4.79 Å². The molecule has 0 unspecified atom stereocenters. The second-order valence-electron chi connectivity index (χ2n) is 8.56. The van der Waals surface area contributed by atoms with Crippen molar-refractivity contribution in [1.29, 1.82) is 0 Å². The molecule has 4 rings (SSSR count). The number of carbonyl (C=O) groups is 1. The number of nitrogens with two attached hydrogens (primary N) is 1. The molecule has 4 N–H and O–H groups in total. The van der Waals surface area contributed by atoms with Crippen LogP contribution in [0.25, 0.3) is 11.2 Å². The maximum Gasteiger partial charge on any atom is 0.433 e. The molecule has 0 bridgehead atoms. The van der Waals surface area contributed by atoms with Crippen LogP contribution in [0.1, 0.15) is 57.7 Å². The molecule has 30 heavy (non-hydrogen) atoms.